The molecule has 0 aromatic rings. The van der Waals surface area contributed by atoms with Gasteiger partial charge in [-0.25, -0.2) is 5.53 Å². The molecular formula is C8H13IN2. The molecular weight excluding hydrogens is 251 g/mol. The molecule has 0 spiro atoms. The average molecular weight is 264 g/mol. The predicted molar refractivity (Wildman–Crippen MR) is 55.8 cm³/mol. The summed E-state index contributed by atoms with van der Waals surface area (Å²) >= 11 is 2.14. The van der Waals surface area contributed by atoms with Gasteiger partial charge in [-0.15, -0.1) is 0 Å². The van der Waals surface area contributed by atoms with E-state index in [9.17, 15) is 0 Å². The summed E-state index contributed by atoms with van der Waals surface area (Å²) in [6, 6.07) is 0. The molecule has 62 valence electrons. The normalized spacial score (nSPS) is 14.0. The summed E-state index contributed by atoms with van der Waals surface area (Å²) in [5, 5.41) is 3.45. The van der Waals surface area contributed by atoms with E-state index in [-0.39, 0.29) is 5.41 Å². The van der Waals surface area contributed by atoms with Crippen LogP contribution < -0.4 is 0 Å². The van der Waals surface area contributed by atoms with Crippen molar-refractivity contribution in [2.45, 2.75) is 20.8 Å². The average Bonchev–Trinajstić information content (AvgIpc) is 1.87. The zero-order valence-electron chi connectivity index (χ0n) is 7.06. The second kappa shape index (κ2) is 4.64. The first-order chi connectivity index (χ1) is 5.02. The molecule has 0 bridgehead atoms. The third kappa shape index (κ3) is 4.29. The van der Waals surface area contributed by atoms with Crippen LogP contribution in [0.15, 0.2) is 27.0 Å². The van der Waals surface area contributed by atoms with Crippen LogP contribution in [0.2, 0.25) is 0 Å². The SMILES string of the molecule is CC(C)(C)/C(=C/C=C\I)N=N. The van der Waals surface area contributed by atoms with Gasteiger partial charge in [-0.1, -0.05) is 49.4 Å². The summed E-state index contributed by atoms with van der Waals surface area (Å²) in [4.78, 5) is 0. The van der Waals surface area contributed by atoms with E-state index in [4.69, 9.17) is 5.53 Å². The highest BCUT2D eigenvalue weighted by molar-refractivity contribution is 14.1. The van der Waals surface area contributed by atoms with E-state index in [0.29, 0.717) is 0 Å². The van der Waals surface area contributed by atoms with Gasteiger partial charge in [-0.2, -0.15) is 5.11 Å². The Kier molecular flexibility index (Phi) is 4.56. The molecule has 0 radical (unpaired) electrons. The standard InChI is InChI=1S/C8H13IN2/c1-8(2,3)7(11-10)5-4-6-9/h4-6,10H,1-3H3/b6-4-,7-5-,11-10?. The van der Waals surface area contributed by atoms with Crippen LogP contribution in [0.1, 0.15) is 20.8 Å². The van der Waals surface area contributed by atoms with Gasteiger partial charge >= 0.3 is 0 Å². The van der Waals surface area contributed by atoms with Gasteiger partial charge in [0.15, 0.2) is 0 Å². The van der Waals surface area contributed by atoms with Crippen molar-refractivity contribution >= 4 is 22.6 Å². The Labute approximate surface area is 81.4 Å². The zero-order chi connectivity index (χ0) is 8.91. The molecule has 0 saturated carbocycles. The first-order valence-electron chi connectivity index (χ1n) is 3.37. The molecule has 0 rings (SSSR count). The van der Waals surface area contributed by atoms with Crippen LogP contribution in [0, 0.1) is 10.9 Å². The summed E-state index contributed by atoms with van der Waals surface area (Å²) in [6.45, 7) is 6.12. The number of allylic oxidation sites excluding steroid dienone is 3. The molecule has 0 atom stereocenters. The highest BCUT2D eigenvalue weighted by Crippen LogP contribution is 2.25. The number of rotatable bonds is 2. The van der Waals surface area contributed by atoms with E-state index in [1.165, 1.54) is 0 Å². The monoisotopic (exact) mass is 264 g/mol. The summed E-state index contributed by atoms with van der Waals surface area (Å²) in [5.74, 6) is 0. The number of hydrogen-bond donors (Lipinski definition) is 1. The van der Waals surface area contributed by atoms with E-state index >= 15 is 0 Å². The highest BCUT2D eigenvalue weighted by atomic mass is 127. The minimum Gasteiger partial charge on any atom is -0.205 e. The Morgan fingerprint density at radius 3 is 2.27 bits per heavy atom. The Morgan fingerprint density at radius 2 is 2.00 bits per heavy atom. The molecule has 0 aliphatic heterocycles. The molecule has 0 heterocycles. The molecule has 3 heteroatoms. The van der Waals surface area contributed by atoms with Crippen molar-refractivity contribution < 1.29 is 0 Å². The molecule has 0 unspecified atom stereocenters. The second-order valence-corrected chi connectivity index (χ2v) is 3.95. The van der Waals surface area contributed by atoms with E-state index in [2.05, 4.69) is 27.7 Å². The van der Waals surface area contributed by atoms with Crippen molar-refractivity contribution in [3.8, 4) is 0 Å². The summed E-state index contributed by atoms with van der Waals surface area (Å²) in [6.07, 6.45) is 3.75. The Hall–Kier alpha value is -0.190. The number of nitrogens with one attached hydrogen (secondary N) is 1. The van der Waals surface area contributed by atoms with Crippen molar-refractivity contribution in [1.82, 2.24) is 0 Å². The fraction of sp³-hybridized carbons (Fsp3) is 0.500. The van der Waals surface area contributed by atoms with Gasteiger partial charge in [0.25, 0.3) is 0 Å². The molecule has 1 N–H and O–H groups in total. The lowest BCUT2D eigenvalue weighted by molar-refractivity contribution is 0.489. The quantitative estimate of drug-likeness (QED) is 0.446. The summed E-state index contributed by atoms with van der Waals surface area (Å²) in [7, 11) is 0. The zero-order valence-corrected chi connectivity index (χ0v) is 9.21. The van der Waals surface area contributed by atoms with Crippen LogP contribution in [0.4, 0.5) is 0 Å². The van der Waals surface area contributed by atoms with Crippen molar-refractivity contribution in [3.05, 3.63) is 21.9 Å². The lowest BCUT2D eigenvalue weighted by Gasteiger charge is -2.16. The van der Waals surface area contributed by atoms with Crippen molar-refractivity contribution in [2.24, 2.45) is 10.5 Å². The lowest BCUT2D eigenvalue weighted by Crippen LogP contribution is -2.06. The lowest BCUT2D eigenvalue weighted by atomic mass is 9.92. The minimum atomic E-state index is -0.0299. The smallest absolute Gasteiger partial charge is 0.0677 e. The fourth-order valence-electron chi connectivity index (χ4n) is 0.582. The third-order valence-electron chi connectivity index (χ3n) is 1.22. The van der Waals surface area contributed by atoms with Crippen LogP contribution in [0.3, 0.4) is 0 Å². The van der Waals surface area contributed by atoms with E-state index in [1.54, 1.807) is 0 Å². The van der Waals surface area contributed by atoms with Crippen LogP contribution >= 0.6 is 22.6 Å². The molecule has 0 saturated heterocycles. The molecule has 0 aromatic carbocycles. The van der Waals surface area contributed by atoms with Gasteiger partial charge in [0.2, 0.25) is 0 Å². The molecule has 0 aliphatic carbocycles. The van der Waals surface area contributed by atoms with Crippen LogP contribution in [-0.2, 0) is 0 Å². The topological polar surface area (TPSA) is 36.2 Å². The molecule has 11 heavy (non-hydrogen) atoms. The maximum Gasteiger partial charge on any atom is 0.0677 e. The van der Waals surface area contributed by atoms with Gasteiger partial charge in [-0.3, -0.25) is 0 Å². The van der Waals surface area contributed by atoms with Crippen LogP contribution in [0.25, 0.3) is 0 Å². The van der Waals surface area contributed by atoms with Crippen molar-refractivity contribution in [2.75, 3.05) is 0 Å². The first kappa shape index (κ1) is 10.8. The van der Waals surface area contributed by atoms with Crippen LogP contribution in [0.5, 0.6) is 0 Å². The Balaban J connectivity index is 4.53. The largest absolute Gasteiger partial charge is 0.205 e. The van der Waals surface area contributed by atoms with Crippen molar-refractivity contribution in [3.63, 3.8) is 0 Å². The Morgan fingerprint density at radius 1 is 1.45 bits per heavy atom. The number of nitrogens with zero attached hydrogens (tertiary/aromatic N) is 1. The highest BCUT2D eigenvalue weighted by Gasteiger charge is 2.15. The minimum absolute atomic E-state index is 0.0299. The molecule has 2 nitrogen and oxygen atoms in total. The van der Waals surface area contributed by atoms with E-state index < -0.39 is 0 Å². The molecule has 0 aliphatic rings. The molecule has 0 amide bonds. The van der Waals surface area contributed by atoms with E-state index in [1.807, 2.05) is 37.0 Å². The van der Waals surface area contributed by atoms with Gasteiger partial charge in [0, 0.05) is 5.41 Å². The van der Waals surface area contributed by atoms with Crippen molar-refractivity contribution in [1.29, 1.82) is 5.53 Å². The van der Waals surface area contributed by atoms with Gasteiger partial charge in [0.1, 0.15) is 0 Å². The second-order valence-electron chi connectivity index (χ2n) is 3.23. The molecule has 0 fully saturated rings. The fourth-order valence-corrected chi connectivity index (χ4v) is 0.790. The van der Waals surface area contributed by atoms with Gasteiger partial charge in [0.05, 0.1) is 5.70 Å². The Bertz CT molecular complexity index is 187. The maximum absolute atomic E-state index is 6.91. The molecule has 0 aromatic heterocycles. The first-order valence-corrected chi connectivity index (χ1v) is 4.62. The van der Waals surface area contributed by atoms with Gasteiger partial charge in [-0.05, 0) is 10.2 Å². The predicted octanol–water partition coefficient (Wildman–Crippen LogP) is 3.90. The van der Waals surface area contributed by atoms with Crippen LogP contribution in [-0.4, -0.2) is 0 Å². The maximum atomic E-state index is 6.91. The van der Waals surface area contributed by atoms with Gasteiger partial charge < -0.3 is 0 Å². The van der Waals surface area contributed by atoms with E-state index in [0.717, 1.165) is 5.70 Å². The number of halogens is 1. The number of hydrogen-bond acceptors (Lipinski definition) is 2. The summed E-state index contributed by atoms with van der Waals surface area (Å²) < 4.78 is 1.90. The third-order valence-corrected chi connectivity index (χ3v) is 1.63. The summed E-state index contributed by atoms with van der Waals surface area (Å²) in [5.41, 5.74) is 7.68.